The van der Waals surface area contributed by atoms with Crippen LogP contribution in [0.5, 0.6) is 0 Å². The lowest BCUT2D eigenvalue weighted by Crippen LogP contribution is -2.45. The van der Waals surface area contributed by atoms with E-state index in [0.717, 1.165) is 17.9 Å². The highest BCUT2D eigenvalue weighted by Gasteiger charge is 2.24. The van der Waals surface area contributed by atoms with E-state index >= 15 is 0 Å². The Morgan fingerprint density at radius 1 is 1.06 bits per heavy atom. The van der Waals surface area contributed by atoms with Gasteiger partial charge in [-0.15, -0.1) is 0 Å². The molecule has 0 amide bonds. The molecule has 1 saturated carbocycles. The van der Waals surface area contributed by atoms with E-state index in [1.54, 1.807) is 0 Å². The first kappa shape index (κ1) is 13.4. The van der Waals surface area contributed by atoms with Crippen molar-refractivity contribution >= 4 is 0 Å². The topological polar surface area (TPSA) is 15.3 Å². The minimum Gasteiger partial charge on any atom is -0.315 e. The number of hydrogen-bond acceptors (Lipinski definition) is 2. The molecule has 2 rings (SSSR count). The van der Waals surface area contributed by atoms with Gasteiger partial charge >= 0.3 is 0 Å². The second-order valence-corrected chi connectivity index (χ2v) is 6.36. The van der Waals surface area contributed by atoms with Crippen LogP contribution < -0.4 is 5.32 Å². The van der Waals surface area contributed by atoms with Crippen LogP contribution in [-0.4, -0.2) is 37.1 Å². The van der Waals surface area contributed by atoms with Gasteiger partial charge in [0, 0.05) is 12.6 Å². The quantitative estimate of drug-likeness (QED) is 0.765. The van der Waals surface area contributed by atoms with Crippen LogP contribution in [0.4, 0.5) is 0 Å². The summed E-state index contributed by atoms with van der Waals surface area (Å²) in [6.07, 6.45) is 8.67. The van der Waals surface area contributed by atoms with E-state index in [-0.39, 0.29) is 0 Å². The second-order valence-electron chi connectivity index (χ2n) is 6.36. The summed E-state index contributed by atoms with van der Waals surface area (Å²) >= 11 is 0. The zero-order valence-electron chi connectivity index (χ0n) is 11.8. The average Bonchev–Trinajstić information content (AvgIpc) is 2.96. The minimum absolute atomic E-state index is 0.763. The van der Waals surface area contributed by atoms with Gasteiger partial charge in [0.2, 0.25) is 0 Å². The van der Waals surface area contributed by atoms with Gasteiger partial charge in [-0.05, 0) is 57.2 Å². The fourth-order valence-corrected chi connectivity index (χ4v) is 3.51. The first-order valence-electron chi connectivity index (χ1n) is 7.72. The molecule has 1 heterocycles. The highest BCUT2D eigenvalue weighted by molar-refractivity contribution is 4.81. The van der Waals surface area contributed by atoms with Crippen molar-refractivity contribution in [3.05, 3.63) is 0 Å². The van der Waals surface area contributed by atoms with E-state index in [0.29, 0.717) is 0 Å². The van der Waals surface area contributed by atoms with Crippen LogP contribution in [0.25, 0.3) is 0 Å². The molecule has 2 fully saturated rings. The van der Waals surface area contributed by atoms with Crippen molar-refractivity contribution in [1.29, 1.82) is 0 Å². The van der Waals surface area contributed by atoms with Gasteiger partial charge < -0.3 is 5.32 Å². The number of hydrogen-bond donors (Lipinski definition) is 1. The van der Waals surface area contributed by atoms with Gasteiger partial charge in [-0.3, -0.25) is 4.90 Å². The molecule has 0 aromatic heterocycles. The summed E-state index contributed by atoms with van der Waals surface area (Å²) in [5.41, 5.74) is 0. The normalized spacial score (nSPS) is 24.9. The van der Waals surface area contributed by atoms with Gasteiger partial charge in [0.1, 0.15) is 0 Å². The number of likely N-dealkylation sites (tertiary alicyclic amines) is 1. The first-order valence-corrected chi connectivity index (χ1v) is 7.72. The molecule has 0 aromatic carbocycles. The third kappa shape index (κ3) is 3.96. The van der Waals surface area contributed by atoms with Gasteiger partial charge in [-0.2, -0.15) is 0 Å². The van der Waals surface area contributed by atoms with Crippen molar-refractivity contribution in [1.82, 2.24) is 10.2 Å². The van der Waals surface area contributed by atoms with Crippen LogP contribution in [-0.2, 0) is 0 Å². The molecule has 0 radical (unpaired) electrons. The Bertz CT molecular complexity index is 203. The molecule has 1 saturated heterocycles. The van der Waals surface area contributed by atoms with Crippen LogP contribution in [0.2, 0.25) is 0 Å². The number of nitrogens with zero attached hydrogens (tertiary/aromatic N) is 1. The molecule has 17 heavy (non-hydrogen) atoms. The molecule has 100 valence electrons. The summed E-state index contributed by atoms with van der Waals surface area (Å²) < 4.78 is 0. The summed E-state index contributed by atoms with van der Waals surface area (Å²) in [6, 6.07) is 0.763. The van der Waals surface area contributed by atoms with Crippen molar-refractivity contribution in [2.45, 2.75) is 58.4 Å². The number of rotatable bonds is 6. The molecule has 1 aliphatic carbocycles. The molecular weight excluding hydrogens is 208 g/mol. The average molecular weight is 238 g/mol. The van der Waals surface area contributed by atoms with E-state index in [2.05, 4.69) is 24.1 Å². The van der Waals surface area contributed by atoms with Gasteiger partial charge in [-0.25, -0.2) is 0 Å². The van der Waals surface area contributed by atoms with Gasteiger partial charge in [0.15, 0.2) is 0 Å². The van der Waals surface area contributed by atoms with Crippen LogP contribution in [0.15, 0.2) is 0 Å². The lowest BCUT2D eigenvalue weighted by molar-refractivity contribution is 0.184. The fourth-order valence-electron chi connectivity index (χ4n) is 3.51. The maximum Gasteiger partial charge on any atom is 0.0243 e. The Labute approximate surface area is 107 Å². The highest BCUT2D eigenvalue weighted by Crippen LogP contribution is 2.24. The third-order valence-corrected chi connectivity index (χ3v) is 4.64. The molecule has 1 aliphatic heterocycles. The molecule has 1 unspecified atom stereocenters. The summed E-state index contributed by atoms with van der Waals surface area (Å²) in [5, 5.41) is 3.74. The smallest absolute Gasteiger partial charge is 0.0243 e. The van der Waals surface area contributed by atoms with Crippen LogP contribution in [0.1, 0.15) is 52.4 Å². The Morgan fingerprint density at radius 2 is 1.71 bits per heavy atom. The standard InChI is InChI=1S/C15H30N2/c1-13(2)15(17-9-5-6-10-17)12-16-11-14-7-3-4-8-14/h13-16H,3-12H2,1-2H3. The Hall–Kier alpha value is -0.0800. The summed E-state index contributed by atoms with van der Waals surface area (Å²) in [4.78, 5) is 2.70. The van der Waals surface area contributed by atoms with Gasteiger partial charge in [0.05, 0.1) is 0 Å². The summed E-state index contributed by atoms with van der Waals surface area (Å²) in [7, 11) is 0. The largest absolute Gasteiger partial charge is 0.315 e. The lowest BCUT2D eigenvalue weighted by Gasteiger charge is -2.31. The van der Waals surface area contributed by atoms with Crippen molar-refractivity contribution in [2.75, 3.05) is 26.2 Å². The summed E-state index contributed by atoms with van der Waals surface area (Å²) in [6.45, 7) is 9.87. The molecule has 1 N–H and O–H groups in total. The Morgan fingerprint density at radius 3 is 2.29 bits per heavy atom. The maximum atomic E-state index is 3.74. The maximum absolute atomic E-state index is 3.74. The molecule has 2 heteroatoms. The third-order valence-electron chi connectivity index (χ3n) is 4.64. The van der Waals surface area contributed by atoms with E-state index < -0.39 is 0 Å². The SMILES string of the molecule is CC(C)C(CNCC1CCCC1)N1CCCC1. The van der Waals surface area contributed by atoms with Crippen LogP contribution in [0, 0.1) is 11.8 Å². The predicted molar refractivity (Wildman–Crippen MR) is 74.3 cm³/mol. The second kappa shape index (κ2) is 6.75. The fraction of sp³-hybridized carbons (Fsp3) is 1.00. The van der Waals surface area contributed by atoms with E-state index in [9.17, 15) is 0 Å². The highest BCUT2D eigenvalue weighted by atomic mass is 15.2. The van der Waals surface area contributed by atoms with Crippen molar-refractivity contribution < 1.29 is 0 Å². The van der Waals surface area contributed by atoms with E-state index in [4.69, 9.17) is 0 Å². The van der Waals surface area contributed by atoms with E-state index in [1.165, 1.54) is 64.7 Å². The molecule has 0 aromatic rings. The van der Waals surface area contributed by atoms with Crippen LogP contribution >= 0.6 is 0 Å². The minimum atomic E-state index is 0.763. The zero-order valence-corrected chi connectivity index (χ0v) is 11.8. The van der Waals surface area contributed by atoms with Crippen molar-refractivity contribution in [3.8, 4) is 0 Å². The zero-order chi connectivity index (χ0) is 12.1. The Kier molecular flexibility index (Phi) is 5.30. The molecular formula is C15H30N2. The number of nitrogens with one attached hydrogen (secondary N) is 1. The predicted octanol–water partition coefficient (Wildman–Crippen LogP) is 2.89. The molecule has 1 atom stereocenters. The Balaban J connectivity index is 1.69. The molecule has 2 aliphatic rings. The van der Waals surface area contributed by atoms with E-state index in [1.807, 2.05) is 0 Å². The summed E-state index contributed by atoms with van der Waals surface area (Å²) in [5.74, 6) is 1.76. The van der Waals surface area contributed by atoms with Gasteiger partial charge in [-0.1, -0.05) is 26.7 Å². The van der Waals surface area contributed by atoms with Crippen molar-refractivity contribution in [3.63, 3.8) is 0 Å². The van der Waals surface area contributed by atoms with Crippen molar-refractivity contribution in [2.24, 2.45) is 11.8 Å². The van der Waals surface area contributed by atoms with Gasteiger partial charge in [0.25, 0.3) is 0 Å². The molecule has 0 spiro atoms. The molecule has 0 bridgehead atoms. The first-order chi connectivity index (χ1) is 8.27. The molecule has 2 nitrogen and oxygen atoms in total. The van der Waals surface area contributed by atoms with Crippen LogP contribution in [0.3, 0.4) is 0 Å². The lowest BCUT2D eigenvalue weighted by atomic mass is 10.0. The monoisotopic (exact) mass is 238 g/mol.